The Hall–Kier alpha value is -2.81. The van der Waals surface area contributed by atoms with Gasteiger partial charge in [0, 0.05) is 25.5 Å². The summed E-state index contributed by atoms with van der Waals surface area (Å²) < 4.78 is 10.4. The Labute approximate surface area is 132 Å². The molecule has 0 bridgehead atoms. The van der Waals surface area contributed by atoms with E-state index in [0.29, 0.717) is 24.8 Å². The molecule has 1 N–H and O–H groups in total. The Morgan fingerprint density at radius 3 is 2.57 bits per heavy atom. The Morgan fingerprint density at radius 2 is 1.87 bits per heavy atom. The van der Waals surface area contributed by atoms with Gasteiger partial charge in [0.15, 0.2) is 6.61 Å². The molecule has 0 aliphatic carbocycles. The third-order valence-electron chi connectivity index (χ3n) is 3.09. The van der Waals surface area contributed by atoms with Crippen LogP contribution in [-0.4, -0.2) is 58.8 Å². The number of hydrogen-bond acceptors (Lipinski definition) is 8. The topological polar surface area (TPSA) is 102 Å². The molecule has 0 radical (unpaired) electrons. The Balaban J connectivity index is 1.50. The first-order valence-corrected chi connectivity index (χ1v) is 7.16. The quantitative estimate of drug-likeness (QED) is 0.830. The number of carbonyl (C=O) groups is 1. The van der Waals surface area contributed by atoms with E-state index < -0.39 is 0 Å². The van der Waals surface area contributed by atoms with Crippen molar-refractivity contribution in [3.63, 3.8) is 0 Å². The van der Waals surface area contributed by atoms with E-state index in [4.69, 9.17) is 9.47 Å². The van der Waals surface area contributed by atoms with Crippen molar-refractivity contribution in [1.82, 2.24) is 19.9 Å². The smallest absolute Gasteiger partial charge is 0.316 e. The van der Waals surface area contributed by atoms with Gasteiger partial charge in [-0.3, -0.25) is 4.79 Å². The number of morpholine rings is 1. The fourth-order valence-corrected chi connectivity index (χ4v) is 2.00. The zero-order valence-corrected chi connectivity index (χ0v) is 12.4. The average molecular weight is 316 g/mol. The molecule has 1 aliphatic rings. The summed E-state index contributed by atoms with van der Waals surface area (Å²) in [5, 5.41) is 2.65. The third-order valence-corrected chi connectivity index (χ3v) is 3.09. The highest BCUT2D eigenvalue weighted by Crippen LogP contribution is 2.11. The van der Waals surface area contributed by atoms with E-state index in [9.17, 15) is 4.79 Å². The van der Waals surface area contributed by atoms with Gasteiger partial charge in [0.25, 0.3) is 5.91 Å². The zero-order chi connectivity index (χ0) is 15.9. The summed E-state index contributed by atoms with van der Waals surface area (Å²) in [6.07, 6.45) is 6.21. The number of hydrogen-bond donors (Lipinski definition) is 1. The lowest BCUT2D eigenvalue weighted by Gasteiger charge is -2.26. The number of ether oxygens (including phenoxy) is 2. The van der Waals surface area contributed by atoms with Gasteiger partial charge >= 0.3 is 6.01 Å². The maximum Gasteiger partial charge on any atom is 0.316 e. The minimum Gasteiger partial charge on any atom is -0.453 e. The van der Waals surface area contributed by atoms with Crippen LogP contribution in [0.4, 0.5) is 11.6 Å². The normalized spacial score (nSPS) is 14.3. The zero-order valence-electron chi connectivity index (χ0n) is 12.4. The van der Waals surface area contributed by atoms with Crippen molar-refractivity contribution in [2.75, 3.05) is 43.1 Å². The summed E-state index contributed by atoms with van der Waals surface area (Å²) in [6, 6.07) is 1.82. The first-order chi connectivity index (χ1) is 11.3. The number of nitrogens with zero attached hydrogens (tertiary/aromatic N) is 5. The second-order valence-corrected chi connectivity index (χ2v) is 4.74. The molecule has 0 unspecified atom stereocenters. The number of rotatable bonds is 5. The number of anilines is 2. The lowest BCUT2D eigenvalue weighted by Crippen LogP contribution is -2.37. The van der Waals surface area contributed by atoms with E-state index in [1.165, 1.54) is 0 Å². The molecule has 0 aromatic carbocycles. The van der Waals surface area contributed by atoms with Gasteiger partial charge in [0.2, 0.25) is 5.95 Å². The molecule has 3 rings (SSSR count). The Kier molecular flexibility index (Phi) is 4.89. The molecule has 23 heavy (non-hydrogen) atoms. The molecule has 9 nitrogen and oxygen atoms in total. The molecular weight excluding hydrogens is 300 g/mol. The molecule has 120 valence electrons. The minimum atomic E-state index is -0.333. The summed E-state index contributed by atoms with van der Waals surface area (Å²) in [5.74, 6) is 0.292. The summed E-state index contributed by atoms with van der Waals surface area (Å²) in [7, 11) is 0. The highest BCUT2D eigenvalue weighted by Gasteiger charge is 2.13. The van der Waals surface area contributed by atoms with Gasteiger partial charge in [0.05, 0.1) is 31.3 Å². The number of amides is 1. The van der Waals surface area contributed by atoms with Crippen LogP contribution in [0.25, 0.3) is 0 Å². The largest absolute Gasteiger partial charge is 0.453 e. The van der Waals surface area contributed by atoms with Gasteiger partial charge < -0.3 is 19.7 Å². The first kappa shape index (κ1) is 15.1. The Bertz CT molecular complexity index is 631. The summed E-state index contributed by atoms with van der Waals surface area (Å²) in [5.41, 5.74) is 0.504. The van der Waals surface area contributed by atoms with Gasteiger partial charge in [-0.1, -0.05) is 0 Å². The van der Waals surface area contributed by atoms with Gasteiger partial charge in [-0.15, -0.1) is 0 Å². The summed E-state index contributed by atoms with van der Waals surface area (Å²) >= 11 is 0. The van der Waals surface area contributed by atoms with Crippen LogP contribution in [0, 0.1) is 0 Å². The van der Waals surface area contributed by atoms with Crippen LogP contribution >= 0.6 is 0 Å². The predicted molar refractivity (Wildman–Crippen MR) is 81.2 cm³/mol. The van der Waals surface area contributed by atoms with Gasteiger partial charge in [-0.05, 0) is 6.07 Å². The first-order valence-electron chi connectivity index (χ1n) is 7.16. The number of aromatic nitrogens is 4. The molecule has 0 spiro atoms. The van der Waals surface area contributed by atoms with Gasteiger partial charge in [0.1, 0.15) is 0 Å². The molecule has 9 heteroatoms. The van der Waals surface area contributed by atoms with Crippen molar-refractivity contribution in [1.29, 1.82) is 0 Å². The van der Waals surface area contributed by atoms with Crippen LogP contribution < -0.4 is 15.0 Å². The van der Waals surface area contributed by atoms with Crippen molar-refractivity contribution in [3.8, 4) is 6.01 Å². The van der Waals surface area contributed by atoms with Crippen LogP contribution in [0.5, 0.6) is 6.01 Å². The van der Waals surface area contributed by atoms with Crippen LogP contribution in [0.1, 0.15) is 0 Å². The van der Waals surface area contributed by atoms with Crippen LogP contribution in [0.15, 0.2) is 30.9 Å². The third kappa shape index (κ3) is 4.33. The highest BCUT2D eigenvalue weighted by atomic mass is 16.5. The fourth-order valence-electron chi connectivity index (χ4n) is 2.00. The second kappa shape index (κ2) is 7.45. The van der Waals surface area contributed by atoms with Crippen molar-refractivity contribution < 1.29 is 14.3 Å². The Morgan fingerprint density at radius 1 is 1.17 bits per heavy atom. The lowest BCUT2D eigenvalue weighted by atomic mass is 10.4. The van der Waals surface area contributed by atoms with E-state index in [0.717, 1.165) is 13.1 Å². The van der Waals surface area contributed by atoms with Gasteiger partial charge in [-0.2, -0.15) is 0 Å². The van der Waals surface area contributed by atoms with Crippen molar-refractivity contribution in [2.24, 2.45) is 0 Å². The molecule has 1 fully saturated rings. The monoisotopic (exact) mass is 316 g/mol. The van der Waals surface area contributed by atoms with E-state index >= 15 is 0 Å². The van der Waals surface area contributed by atoms with E-state index in [2.05, 4.69) is 25.3 Å². The molecule has 1 aliphatic heterocycles. The standard InChI is InChI=1S/C14H16N6O3/c21-12(10-23-14-15-2-1-3-16-14)19-11-8-17-13(18-9-11)20-4-6-22-7-5-20/h1-3,8-9H,4-7,10H2,(H,19,21). The molecule has 1 saturated heterocycles. The SMILES string of the molecule is O=C(COc1ncccn1)Nc1cnc(N2CCOCC2)nc1. The van der Waals surface area contributed by atoms with Crippen LogP contribution in [0.3, 0.4) is 0 Å². The molecular formula is C14H16N6O3. The van der Waals surface area contributed by atoms with Crippen molar-refractivity contribution >= 4 is 17.5 Å². The maximum atomic E-state index is 11.8. The van der Waals surface area contributed by atoms with Crippen molar-refractivity contribution in [3.05, 3.63) is 30.9 Å². The summed E-state index contributed by atoms with van der Waals surface area (Å²) in [6.45, 7) is 2.67. The molecule has 0 saturated carbocycles. The lowest BCUT2D eigenvalue weighted by molar-refractivity contribution is -0.118. The number of nitrogens with one attached hydrogen (secondary N) is 1. The van der Waals surface area contributed by atoms with Gasteiger partial charge in [-0.25, -0.2) is 19.9 Å². The number of carbonyl (C=O) groups excluding carboxylic acids is 1. The fraction of sp³-hybridized carbons (Fsp3) is 0.357. The molecule has 1 amide bonds. The average Bonchev–Trinajstić information content (AvgIpc) is 2.62. The molecule has 2 aromatic heterocycles. The predicted octanol–water partition coefficient (Wildman–Crippen LogP) is 0.121. The second-order valence-electron chi connectivity index (χ2n) is 4.74. The van der Waals surface area contributed by atoms with Crippen LogP contribution in [-0.2, 0) is 9.53 Å². The summed E-state index contributed by atoms with van der Waals surface area (Å²) in [4.78, 5) is 30.1. The molecule has 2 aromatic rings. The van der Waals surface area contributed by atoms with Crippen molar-refractivity contribution in [2.45, 2.75) is 0 Å². The maximum absolute atomic E-state index is 11.8. The molecule has 3 heterocycles. The van der Waals surface area contributed by atoms with Crippen LogP contribution in [0.2, 0.25) is 0 Å². The van der Waals surface area contributed by atoms with E-state index in [1.807, 2.05) is 4.90 Å². The minimum absolute atomic E-state index is 0.154. The van der Waals surface area contributed by atoms with E-state index in [-0.39, 0.29) is 18.5 Å². The van der Waals surface area contributed by atoms with E-state index in [1.54, 1.807) is 30.9 Å². The molecule has 0 atom stereocenters. The highest BCUT2D eigenvalue weighted by molar-refractivity contribution is 5.91.